The van der Waals surface area contributed by atoms with Crippen LogP contribution in [-0.2, 0) is 19.6 Å². The molecule has 0 saturated carbocycles. The van der Waals surface area contributed by atoms with Crippen molar-refractivity contribution in [1.29, 1.82) is 0 Å². The highest BCUT2D eigenvalue weighted by Crippen LogP contribution is 2.33. The van der Waals surface area contributed by atoms with Crippen LogP contribution in [0.25, 0.3) is 0 Å². The smallest absolute Gasteiger partial charge is 0.297 e. The number of rotatable bonds is 10. The van der Waals surface area contributed by atoms with Crippen LogP contribution in [0.2, 0.25) is 0 Å². The molecule has 2 aromatic rings. The van der Waals surface area contributed by atoms with Gasteiger partial charge in [-0.2, -0.15) is 5.48 Å². The average Bonchev–Trinajstić information content (AvgIpc) is 2.70. The van der Waals surface area contributed by atoms with Crippen molar-refractivity contribution in [3.05, 3.63) is 46.5 Å². The molecular weight excluding hydrogens is 436 g/mol. The number of nitrogens with one attached hydrogen (secondary N) is 2. The molecule has 4 N–H and O–H groups in total. The van der Waals surface area contributed by atoms with Crippen LogP contribution in [0.3, 0.4) is 0 Å². The van der Waals surface area contributed by atoms with E-state index in [0.29, 0.717) is 0 Å². The van der Waals surface area contributed by atoms with Crippen molar-refractivity contribution in [3.8, 4) is 17.2 Å². The SMILES string of the molecule is COc1ccc(NS(=O)(=O)c2ccc(ONC(C)=O)c(OCC(N)=O)c2)c([N+](=O)[O-])c1. The molecule has 2 rings (SSSR count). The van der Waals surface area contributed by atoms with Crippen molar-refractivity contribution >= 4 is 33.2 Å². The topological polar surface area (TPSA) is 189 Å². The van der Waals surface area contributed by atoms with Crippen LogP contribution in [0.5, 0.6) is 17.2 Å². The summed E-state index contributed by atoms with van der Waals surface area (Å²) < 4.78 is 37.7. The zero-order valence-corrected chi connectivity index (χ0v) is 17.1. The Morgan fingerprint density at radius 3 is 2.45 bits per heavy atom. The van der Waals surface area contributed by atoms with Gasteiger partial charge < -0.3 is 20.0 Å². The molecule has 2 amide bonds. The molecule has 0 saturated heterocycles. The second-order valence-corrected chi connectivity index (χ2v) is 7.55. The van der Waals surface area contributed by atoms with Crippen molar-refractivity contribution in [2.45, 2.75) is 11.8 Å². The summed E-state index contributed by atoms with van der Waals surface area (Å²) in [6, 6.07) is 6.83. The summed E-state index contributed by atoms with van der Waals surface area (Å²) >= 11 is 0. The predicted octanol–water partition coefficient (Wildman–Crippen LogP) is 0.698. The van der Waals surface area contributed by atoms with Crippen LogP contribution >= 0.6 is 0 Å². The molecule has 14 heteroatoms. The van der Waals surface area contributed by atoms with Gasteiger partial charge in [-0.25, -0.2) is 8.42 Å². The summed E-state index contributed by atoms with van der Waals surface area (Å²) in [7, 11) is -3.03. The molecule has 0 fully saturated rings. The molecular formula is C17H18N4O9S. The number of primary amides is 1. The second-order valence-electron chi connectivity index (χ2n) is 5.87. The zero-order valence-electron chi connectivity index (χ0n) is 16.3. The van der Waals surface area contributed by atoms with Gasteiger partial charge in [-0.05, 0) is 24.3 Å². The molecule has 0 aliphatic heterocycles. The number of carbonyl (C=O) groups is 2. The number of amides is 2. The molecule has 0 heterocycles. The molecule has 2 aromatic carbocycles. The van der Waals surface area contributed by atoms with Crippen LogP contribution in [0.1, 0.15) is 6.92 Å². The Morgan fingerprint density at radius 2 is 1.87 bits per heavy atom. The molecule has 0 unspecified atom stereocenters. The van der Waals surface area contributed by atoms with E-state index in [0.717, 1.165) is 24.3 Å². The summed E-state index contributed by atoms with van der Waals surface area (Å²) in [5.74, 6) is -1.56. The fourth-order valence-electron chi connectivity index (χ4n) is 2.21. The largest absolute Gasteiger partial charge is 0.496 e. The number of hydroxylamine groups is 1. The van der Waals surface area contributed by atoms with E-state index in [1.807, 2.05) is 5.48 Å². The fourth-order valence-corrected chi connectivity index (χ4v) is 3.30. The van der Waals surface area contributed by atoms with E-state index in [2.05, 4.69) is 4.72 Å². The van der Waals surface area contributed by atoms with Crippen LogP contribution in [0.15, 0.2) is 41.3 Å². The van der Waals surface area contributed by atoms with Crippen molar-refractivity contribution in [1.82, 2.24) is 5.48 Å². The first-order chi connectivity index (χ1) is 14.5. The van der Waals surface area contributed by atoms with E-state index >= 15 is 0 Å². The van der Waals surface area contributed by atoms with Gasteiger partial charge in [-0.3, -0.25) is 24.4 Å². The molecule has 13 nitrogen and oxygen atoms in total. The van der Waals surface area contributed by atoms with Crippen molar-refractivity contribution in [3.63, 3.8) is 0 Å². The minimum atomic E-state index is -4.33. The Hall–Kier alpha value is -4.07. The third-order valence-corrected chi connectivity index (χ3v) is 4.91. The standard InChI is InChI=1S/C17H18N4O9S/c1-10(22)19-30-15-6-4-12(8-16(15)29-9-17(18)23)31(26,27)20-13-5-3-11(28-2)7-14(13)21(24)25/h3-8,20H,9H2,1-2H3,(H2,18,23)(H,19,22). The van der Waals surface area contributed by atoms with Gasteiger partial charge in [0.1, 0.15) is 11.4 Å². The van der Waals surface area contributed by atoms with Crippen LogP contribution in [-0.4, -0.2) is 38.9 Å². The van der Waals surface area contributed by atoms with Gasteiger partial charge in [0.25, 0.3) is 21.6 Å². The molecule has 0 aliphatic rings. The number of ether oxygens (including phenoxy) is 2. The lowest BCUT2D eigenvalue weighted by Gasteiger charge is -2.14. The maximum absolute atomic E-state index is 12.8. The van der Waals surface area contributed by atoms with Crippen LogP contribution in [0, 0.1) is 10.1 Å². The molecule has 0 aliphatic carbocycles. The summed E-state index contributed by atoms with van der Waals surface area (Å²) in [6.45, 7) is 0.575. The Labute approximate surface area is 176 Å². The van der Waals surface area contributed by atoms with Crippen molar-refractivity contribution in [2.75, 3.05) is 18.4 Å². The van der Waals surface area contributed by atoms with E-state index in [4.69, 9.17) is 20.0 Å². The number of nitro groups is 1. The molecule has 31 heavy (non-hydrogen) atoms. The highest BCUT2D eigenvalue weighted by Gasteiger charge is 2.23. The lowest BCUT2D eigenvalue weighted by molar-refractivity contribution is -0.384. The fraction of sp³-hybridized carbons (Fsp3) is 0.176. The first-order valence-electron chi connectivity index (χ1n) is 8.37. The molecule has 166 valence electrons. The highest BCUT2D eigenvalue weighted by atomic mass is 32.2. The van der Waals surface area contributed by atoms with E-state index in [-0.39, 0.29) is 27.8 Å². The van der Waals surface area contributed by atoms with Crippen molar-refractivity contribution in [2.24, 2.45) is 5.73 Å². The minimum Gasteiger partial charge on any atom is -0.496 e. The normalized spacial score (nSPS) is 10.6. The maximum atomic E-state index is 12.8. The Bertz CT molecular complexity index is 1120. The predicted molar refractivity (Wildman–Crippen MR) is 106 cm³/mol. The average molecular weight is 454 g/mol. The van der Waals surface area contributed by atoms with Gasteiger partial charge in [-0.1, -0.05) is 0 Å². The Balaban J connectivity index is 2.41. The number of nitrogens with zero attached hydrogens (tertiary/aromatic N) is 1. The number of methoxy groups -OCH3 is 1. The molecule has 0 atom stereocenters. The van der Waals surface area contributed by atoms with Gasteiger partial charge in [-0.15, -0.1) is 0 Å². The van der Waals surface area contributed by atoms with Crippen LogP contribution < -0.4 is 30.2 Å². The summed E-state index contributed by atoms with van der Waals surface area (Å²) in [4.78, 5) is 37.2. The maximum Gasteiger partial charge on any atom is 0.297 e. The van der Waals surface area contributed by atoms with Gasteiger partial charge >= 0.3 is 0 Å². The zero-order chi connectivity index (χ0) is 23.2. The van der Waals surface area contributed by atoms with Crippen LogP contribution in [0.4, 0.5) is 11.4 Å². The van der Waals surface area contributed by atoms with Crippen molar-refractivity contribution < 1.29 is 37.2 Å². The lowest BCUT2D eigenvalue weighted by Crippen LogP contribution is -2.25. The number of hydrogen-bond donors (Lipinski definition) is 3. The summed E-state index contributed by atoms with van der Waals surface area (Å²) in [5, 5.41) is 11.3. The third kappa shape index (κ3) is 6.20. The quantitative estimate of drug-likeness (QED) is 0.343. The Kier molecular flexibility index (Phi) is 7.20. The third-order valence-electron chi connectivity index (χ3n) is 3.55. The first kappa shape index (κ1) is 23.2. The number of hydrogen-bond acceptors (Lipinski definition) is 9. The molecule has 0 aromatic heterocycles. The molecule has 0 spiro atoms. The molecule has 0 radical (unpaired) electrons. The van der Waals surface area contributed by atoms with Gasteiger partial charge in [0.15, 0.2) is 18.1 Å². The number of carbonyl (C=O) groups excluding carboxylic acids is 2. The van der Waals surface area contributed by atoms with Gasteiger partial charge in [0, 0.05) is 13.0 Å². The number of anilines is 1. The second kappa shape index (κ2) is 9.62. The highest BCUT2D eigenvalue weighted by molar-refractivity contribution is 7.92. The molecule has 0 bridgehead atoms. The van der Waals surface area contributed by atoms with Gasteiger partial charge in [0.2, 0.25) is 5.91 Å². The summed E-state index contributed by atoms with van der Waals surface area (Å²) in [5.41, 5.74) is 6.23. The number of benzene rings is 2. The first-order valence-corrected chi connectivity index (χ1v) is 9.85. The Morgan fingerprint density at radius 1 is 1.16 bits per heavy atom. The van der Waals surface area contributed by atoms with E-state index in [1.54, 1.807) is 0 Å². The van der Waals surface area contributed by atoms with E-state index in [9.17, 15) is 28.1 Å². The number of nitro benzene ring substituents is 1. The summed E-state index contributed by atoms with van der Waals surface area (Å²) in [6.07, 6.45) is 0. The minimum absolute atomic E-state index is 0.106. The lowest BCUT2D eigenvalue weighted by atomic mass is 10.2. The monoisotopic (exact) mass is 454 g/mol. The van der Waals surface area contributed by atoms with E-state index in [1.165, 1.54) is 26.2 Å². The number of sulfonamides is 1. The van der Waals surface area contributed by atoms with E-state index < -0.39 is 39.1 Å². The number of nitrogens with two attached hydrogens (primary N) is 1. The van der Waals surface area contributed by atoms with Gasteiger partial charge in [0.05, 0.1) is 23.0 Å².